The Morgan fingerprint density at radius 2 is 1.72 bits per heavy atom. The van der Waals surface area contributed by atoms with Gasteiger partial charge in [-0.1, -0.05) is 18.2 Å². The summed E-state index contributed by atoms with van der Waals surface area (Å²) in [5, 5.41) is 11.3. The largest absolute Gasteiger partial charge is 0.384 e. The van der Waals surface area contributed by atoms with Crippen molar-refractivity contribution in [2.75, 3.05) is 67.3 Å². The summed E-state index contributed by atoms with van der Waals surface area (Å²) in [6.45, 7) is 4.50. The lowest BCUT2D eigenvalue weighted by molar-refractivity contribution is 0.313. The van der Waals surface area contributed by atoms with Crippen LogP contribution in [0.15, 0.2) is 66.9 Å². The van der Waals surface area contributed by atoms with Crippen molar-refractivity contribution in [2.24, 2.45) is 0 Å². The van der Waals surface area contributed by atoms with Crippen molar-refractivity contribution in [2.45, 2.75) is 0 Å². The Labute approximate surface area is 211 Å². The number of rotatable bonds is 8. The van der Waals surface area contributed by atoms with E-state index in [9.17, 15) is 8.42 Å². The Bertz CT molecular complexity index is 1460. The highest BCUT2D eigenvalue weighted by Crippen LogP contribution is 2.26. The zero-order valence-corrected chi connectivity index (χ0v) is 21.4. The fraction of sp³-hybridized carbons (Fsp3) is 0.308. The van der Waals surface area contributed by atoms with Crippen molar-refractivity contribution in [1.29, 1.82) is 0 Å². The minimum absolute atomic E-state index is 0.0869. The first-order chi connectivity index (χ1) is 17.3. The van der Waals surface area contributed by atoms with Crippen molar-refractivity contribution < 1.29 is 8.42 Å². The molecule has 10 heteroatoms. The number of fused-ring (bicyclic) bond motifs is 1. The summed E-state index contributed by atoms with van der Waals surface area (Å²) < 4.78 is 24.7. The van der Waals surface area contributed by atoms with Gasteiger partial charge in [0.15, 0.2) is 0 Å². The number of nitrogens with zero attached hydrogens (tertiary/aromatic N) is 5. The van der Waals surface area contributed by atoms with Gasteiger partial charge in [0, 0.05) is 61.6 Å². The van der Waals surface area contributed by atoms with Gasteiger partial charge in [0.2, 0.25) is 5.95 Å². The summed E-state index contributed by atoms with van der Waals surface area (Å²) in [6, 6.07) is 20.2. The van der Waals surface area contributed by atoms with Crippen molar-refractivity contribution in [3.63, 3.8) is 0 Å². The molecule has 0 amide bonds. The van der Waals surface area contributed by atoms with Gasteiger partial charge in [-0.05, 0) is 49.5 Å². The molecule has 9 nitrogen and oxygen atoms in total. The highest BCUT2D eigenvalue weighted by atomic mass is 32.2. The number of likely N-dealkylation sites (N-methyl/N-ethyl adjacent to an activating group) is 1. The Morgan fingerprint density at radius 1 is 0.944 bits per heavy atom. The quantitative estimate of drug-likeness (QED) is 0.377. The summed E-state index contributed by atoms with van der Waals surface area (Å²) >= 11 is 0. The number of nitrogens with one attached hydrogen (secondary N) is 2. The van der Waals surface area contributed by atoms with E-state index >= 15 is 0 Å². The molecular formula is C26H31N7O2S. The fourth-order valence-corrected chi connectivity index (χ4v) is 4.79. The maximum Gasteiger partial charge on any atom is 0.245 e. The monoisotopic (exact) mass is 505 g/mol. The third kappa shape index (κ3) is 5.77. The zero-order chi connectivity index (χ0) is 25.1. The number of anilines is 4. The standard InChI is InChI=1S/C26H31N7O2S/c1-31-12-14-32(15-13-31)23-8-4-7-22(18-23)29-26-28-19-24-9-10-25(33(24)30-26)20-5-3-6-21(17-20)27-11-16-36(2,34)35/h3-10,17-19,27H,11-16H2,1-2H3,(H,29,30). The molecule has 188 valence electrons. The average Bonchev–Trinajstić information content (AvgIpc) is 3.27. The van der Waals surface area contributed by atoms with Crippen LogP contribution in [0.1, 0.15) is 0 Å². The number of aromatic nitrogens is 3. The van der Waals surface area contributed by atoms with Crippen LogP contribution in [0.5, 0.6) is 0 Å². The number of sulfone groups is 1. The van der Waals surface area contributed by atoms with E-state index in [-0.39, 0.29) is 5.75 Å². The maximum atomic E-state index is 11.4. The second-order valence-corrected chi connectivity index (χ2v) is 11.5. The van der Waals surface area contributed by atoms with Gasteiger partial charge in [0.1, 0.15) is 9.84 Å². The summed E-state index contributed by atoms with van der Waals surface area (Å²) in [5.74, 6) is 0.599. The topological polar surface area (TPSA) is 94.9 Å². The molecule has 0 spiro atoms. The predicted molar refractivity (Wildman–Crippen MR) is 146 cm³/mol. The van der Waals surface area contributed by atoms with Crippen LogP contribution < -0.4 is 15.5 Å². The van der Waals surface area contributed by atoms with Gasteiger partial charge in [0.25, 0.3) is 0 Å². The van der Waals surface area contributed by atoms with Crippen molar-refractivity contribution in [1.82, 2.24) is 19.5 Å². The summed E-state index contributed by atoms with van der Waals surface area (Å²) in [4.78, 5) is 9.25. The van der Waals surface area contributed by atoms with Crippen LogP contribution >= 0.6 is 0 Å². The molecule has 0 saturated carbocycles. The number of benzene rings is 2. The Hall–Kier alpha value is -3.63. The van der Waals surface area contributed by atoms with Gasteiger partial charge in [-0.2, -0.15) is 0 Å². The van der Waals surface area contributed by atoms with E-state index in [1.54, 1.807) is 6.20 Å². The van der Waals surface area contributed by atoms with E-state index in [0.717, 1.165) is 54.3 Å². The molecular weight excluding hydrogens is 474 g/mol. The van der Waals surface area contributed by atoms with E-state index in [4.69, 9.17) is 5.10 Å². The van der Waals surface area contributed by atoms with Gasteiger partial charge in [-0.25, -0.2) is 17.9 Å². The van der Waals surface area contributed by atoms with Gasteiger partial charge in [-0.3, -0.25) is 0 Å². The minimum atomic E-state index is -3.01. The first-order valence-electron chi connectivity index (χ1n) is 12.0. The van der Waals surface area contributed by atoms with Crippen molar-refractivity contribution in [3.05, 3.63) is 66.9 Å². The maximum absolute atomic E-state index is 11.4. The number of piperazine rings is 1. The summed E-state index contributed by atoms with van der Waals surface area (Å²) in [7, 11) is -0.857. The second kappa shape index (κ2) is 10.2. The van der Waals surface area contributed by atoms with Crippen LogP contribution in [-0.4, -0.2) is 79.7 Å². The molecule has 1 aliphatic rings. The molecule has 2 aromatic carbocycles. The molecule has 0 radical (unpaired) electrons. The average molecular weight is 506 g/mol. The normalized spacial score (nSPS) is 14.8. The fourth-order valence-electron chi connectivity index (χ4n) is 4.32. The van der Waals surface area contributed by atoms with E-state index < -0.39 is 9.84 Å². The molecule has 0 unspecified atom stereocenters. The van der Waals surface area contributed by atoms with Crippen LogP contribution in [0.3, 0.4) is 0 Å². The van der Waals surface area contributed by atoms with Gasteiger partial charge >= 0.3 is 0 Å². The molecule has 3 heterocycles. The highest BCUT2D eigenvalue weighted by Gasteiger charge is 2.15. The Balaban J connectivity index is 1.35. The van der Waals surface area contributed by atoms with E-state index in [1.807, 2.05) is 47.0 Å². The van der Waals surface area contributed by atoms with Crippen LogP contribution in [0.2, 0.25) is 0 Å². The SMILES string of the molecule is CN1CCN(c2cccc(Nc3ncc4ccc(-c5cccc(NCCS(C)(=O)=O)c5)n4n3)c2)CC1. The van der Waals surface area contributed by atoms with Crippen molar-refractivity contribution in [3.8, 4) is 11.3 Å². The number of hydrogen-bond donors (Lipinski definition) is 2. The molecule has 1 fully saturated rings. The lowest BCUT2D eigenvalue weighted by Gasteiger charge is -2.34. The van der Waals surface area contributed by atoms with Gasteiger partial charge in [-0.15, -0.1) is 5.10 Å². The van der Waals surface area contributed by atoms with Crippen LogP contribution in [0, 0.1) is 0 Å². The Morgan fingerprint density at radius 3 is 2.53 bits per heavy atom. The molecule has 4 aromatic rings. The molecule has 0 atom stereocenters. The molecule has 1 aliphatic heterocycles. The Kier molecular flexibility index (Phi) is 6.80. The van der Waals surface area contributed by atoms with Crippen LogP contribution in [0.25, 0.3) is 16.8 Å². The van der Waals surface area contributed by atoms with Crippen molar-refractivity contribution >= 4 is 38.4 Å². The first kappa shape index (κ1) is 24.1. The molecule has 5 rings (SSSR count). The molecule has 36 heavy (non-hydrogen) atoms. The van der Waals surface area contributed by atoms with Gasteiger partial charge < -0.3 is 20.4 Å². The molecule has 2 aromatic heterocycles. The third-order valence-corrected chi connectivity index (χ3v) is 7.28. The molecule has 2 N–H and O–H groups in total. The molecule has 1 saturated heterocycles. The van der Waals surface area contributed by atoms with E-state index in [2.05, 4.69) is 50.7 Å². The van der Waals surface area contributed by atoms with Crippen LogP contribution in [0.4, 0.5) is 23.0 Å². The predicted octanol–water partition coefficient (Wildman–Crippen LogP) is 3.35. The smallest absolute Gasteiger partial charge is 0.245 e. The van der Waals surface area contributed by atoms with Gasteiger partial charge in [0.05, 0.1) is 23.2 Å². The summed E-state index contributed by atoms with van der Waals surface area (Å²) in [6.07, 6.45) is 3.04. The lowest BCUT2D eigenvalue weighted by Crippen LogP contribution is -2.44. The highest BCUT2D eigenvalue weighted by molar-refractivity contribution is 7.90. The second-order valence-electron chi connectivity index (χ2n) is 9.24. The molecule has 0 bridgehead atoms. The van der Waals surface area contributed by atoms with Crippen LogP contribution in [-0.2, 0) is 9.84 Å². The number of hydrogen-bond acceptors (Lipinski definition) is 8. The van der Waals surface area contributed by atoms with E-state index in [0.29, 0.717) is 12.5 Å². The molecule has 0 aliphatic carbocycles. The zero-order valence-electron chi connectivity index (χ0n) is 20.6. The lowest BCUT2D eigenvalue weighted by atomic mass is 10.1. The third-order valence-electron chi connectivity index (χ3n) is 6.33. The van der Waals surface area contributed by atoms with E-state index in [1.165, 1.54) is 11.9 Å². The summed E-state index contributed by atoms with van der Waals surface area (Å²) in [5.41, 5.74) is 5.78. The minimum Gasteiger partial charge on any atom is -0.384 e. The first-order valence-corrected chi connectivity index (χ1v) is 14.1.